The maximum atomic E-state index is 13.1. The lowest BCUT2D eigenvalue weighted by Crippen LogP contribution is -2.51. The summed E-state index contributed by atoms with van der Waals surface area (Å²) in [5, 5.41) is 13.2. The minimum absolute atomic E-state index is 0.0893. The van der Waals surface area contributed by atoms with Gasteiger partial charge in [-0.1, -0.05) is 38.2 Å². The summed E-state index contributed by atoms with van der Waals surface area (Å²) in [5.41, 5.74) is 5.48. The number of β-amino-alcohol motifs (C(OH)–C–C–N with tert-alkyl or cyclic N) is 1. The van der Waals surface area contributed by atoms with Crippen molar-refractivity contribution >= 4 is 21.8 Å². The zero-order valence-corrected chi connectivity index (χ0v) is 18.3. The molecule has 2 fully saturated rings. The summed E-state index contributed by atoms with van der Waals surface area (Å²) in [6.45, 7) is -0.361. The Labute approximate surface area is 183 Å². The highest BCUT2D eigenvalue weighted by atomic mass is 32.2. The van der Waals surface area contributed by atoms with E-state index in [0.29, 0.717) is 12.3 Å². The summed E-state index contributed by atoms with van der Waals surface area (Å²) in [5.74, 6) is -0.578. The van der Waals surface area contributed by atoms with Crippen molar-refractivity contribution in [3.8, 4) is 0 Å². The van der Waals surface area contributed by atoms with Crippen LogP contribution in [0, 0.1) is 12.3 Å². The van der Waals surface area contributed by atoms with Crippen LogP contribution in [0.25, 0.3) is 0 Å². The second-order valence-corrected chi connectivity index (χ2v) is 10.2. The molecule has 31 heavy (non-hydrogen) atoms. The summed E-state index contributed by atoms with van der Waals surface area (Å²) in [7, 11) is -4.15. The number of hydrogen-bond acceptors (Lipinski definition) is 6. The molecule has 1 saturated heterocycles. The van der Waals surface area contributed by atoms with Gasteiger partial charge in [0, 0.05) is 19.2 Å². The molecule has 4 N–H and O–H groups in total. The lowest BCUT2D eigenvalue weighted by atomic mass is 9.86. The van der Waals surface area contributed by atoms with E-state index in [0.717, 1.165) is 17.1 Å². The molecule has 1 saturated carbocycles. The zero-order chi connectivity index (χ0) is 22.4. The Morgan fingerprint density at radius 3 is 2.58 bits per heavy atom. The third-order valence-corrected chi connectivity index (χ3v) is 7.95. The van der Waals surface area contributed by atoms with Gasteiger partial charge in [-0.2, -0.15) is 4.31 Å². The first-order chi connectivity index (χ1) is 14.8. The van der Waals surface area contributed by atoms with Crippen molar-refractivity contribution in [3.63, 3.8) is 0 Å². The molecule has 10 heteroatoms. The van der Waals surface area contributed by atoms with E-state index in [1.54, 1.807) is 12.5 Å². The number of nitrogens with one attached hydrogen (secondary N) is 1. The van der Waals surface area contributed by atoms with Gasteiger partial charge in [0.25, 0.3) is 10.0 Å². The van der Waals surface area contributed by atoms with Gasteiger partial charge in [0.1, 0.15) is 6.04 Å². The lowest BCUT2D eigenvalue weighted by Gasteiger charge is -2.28. The van der Waals surface area contributed by atoms with Crippen molar-refractivity contribution in [2.45, 2.75) is 74.6 Å². The van der Waals surface area contributed by atoms with Crippen molar-refractivity contribution in [1.29, 1.82) is 0 Å². The van der Waals surface area contributed by atoms with Crippen LogP contribution >= 0.6 is 0 Å². The van der Waals surface area contributed by atoms with E-state index in [1.165, 1.54) is 37.6 Å². The van der Waals surface area contributed by atoms with E-state index in [2.05, 4.69) is 10.3 Å². The molecule has 1 aliphatic heterocycles. The molecule has 1 aromatic rings. The van der Waals surface area contributed by atoms with Gasteiger partial charge in [-0.15, -0.1) is 0 Å². The Morgan fingerprint density at radius 1 is 1.19 bits per heavy atom. The van der Waals surface area contributed by atoms with Crippen molar-refractivity contribution in [2.24, 2.45) is 11.7 Å². The number of aliphatic hydroxyl groups is 1. The maximum Gasteiger partial charge on any atom is 0.261 e. The minimum Gasteiger partial charge on any atom is -0.390 e. The second-order valence-electron chi connectivity index (χ2n) is 8.36. The Balaban J connectivity index is 1.67. The molecule has 3 atom stereocenters. The van der Waals surface area contributed by atoms with Gasteiger partial charge in [-0.3, -0.25) is 9.59 Å². The van der Waals surface area contributed by atoms with Gasteiger partial charge < -0.3 is 16.2 Å². The summed E-state index contributed by atoms with van der Waals surface area (Å²) in [6, 6.07) is 2.62. The molecule has 9 nitrogen and oxygen atoms in total. The molecular weight excluding hydrogens is 420 g/mol. The fourth-order valence-electron chi connectivity index (χ4n) is 4.39. The average Bonchev–Trinajstić information content (AvgIpc) is 2.93. The number of aromatic nitrogens is 1. The van der Waals surface area contributed by atoms with Gasteiger partial charge in [0.15, 0.2) is 5.03 Å². The molecule has 2 heterocycles. The summed E-state index contributed by atoms with van der Waals surface area (Å²) >= 11 is 0. The van der Waals surface area contributed by atoms with Crippen molar-refractivity contribution in [2.75, 3.05) is 6.54 Å². The largest absolute Gasteiger partial charge is 0.390 e. The number of sulfonamides is 1. The summed E-state index contributed by atoms with van der Waals surface area (Å²) in [6.07, 6.45) is 8.65. The first-order valence-corrected chi connectivity index (χ1v) is 12.3. The molecule has 0 bridgehead atoms. The molecule has 1 aromatic heterocycles. The van der Waals surface area contributed by atoms with Crippen molar-refractivity contribution < 1.29 is 23.1 Å². The molecule has 0 spiro atoms. The van der Waals surface area contributed by atoms with Crippen LogP contribution in [-0.2, 0) is 19.6 Å². The second kappa shape index (κ2) is 10.5. The van der Waals surface area contributed by atoms with Gasteiger partial charge in [-0.05, 0) is 37.3 Å². The van der Waals surface area contributed by atoms with E-state index < -0.39 is 34.1 Å². The number of nitrogens with two attached hydrogens (primary N) is 1. The minimum atomic E-state index is -4.15. The van der Waals surface area contributed by atoms with E-state index in [1.807, 2.05) is 0 Å². The van der Waals surface area contributed by atoms with E-state index >= 15 is 0 Å². The third kappa shape index (κ3) is 6.02. The van der Waals surface area contributed by atoms with E-state index in [4.69, 9.17) is 5.73 Å². The number of aliphatic hydroxyl groups excluding tert-OH is 1. The van der Waals surface area contributed by atoms with E-state index in [9.17, 15) is 23.1 Å². The highest BCUT2D eigenvalue weighted by molar-refractivity contribution is 7.89. The molecule has 2 aliphatic rings. The first kappa shape index (κ1) is 23.6. The van der Waals surface area contributed by atoms with Crippen LogP contribution in [0.15, 0.2) is 29.4 Å². The molecule has 0 aromatic carbocycles. The predicted octanol–water partition coefficient (Wildman–Crippen LogP) is 0.740. The molecule has 3 rings (SSSR count). The summed E-state index contributed by atoms with van der Waals surface area (Å²) in [4.78, 5) is 28.3. The molecular formula is C21H31N4O5S. The molecule has 1 aliphatic carbocycles. The number of carbonyl (C=O) groups is 2. The highest BCUT2D eigenvalue weighted by Crippen LogP contribution is 2.27. The Morgan fingerprint density at radius 2 is 1.94 bits per heavy atom. The lowest BCUT2D eigenvalue weighted by molar-refractivity contribution is -0.122. The van der Waals surface area contributed by atoms with Crippen molar-refractivity contribution in [3.05, 3.63) is 30.8 Å². The van der Waals surface area contributed by atoms with Crippen LogP contribution in [-0.4, -0.2) is 59.4 Å². The fourth-order valence-corrected chi connectivity index (χ4v) is 5.97. The normalized spacial score (nSPS) is 26.2. The third-order valence-electron chi connectivity index (χ3n) is 6.16. The number of primary amides is 1. The SMILES string of the molecule is NC(=O)[C@H]1CC[C@H](NC(=O)[CH]CC2CCCCC2)[C@@H](O)CN1S(=O)(=O)c1ccccn1. The van der Waals surface area contributed by atoms with Crippen LogP contribution in [0.5, 0.6) is 0 Å². The van der Waals surface area contributed by atoms with Gasteiger partial charge in [0.2, 0.25) is 11.8 Å². The van der Waals surface area contributed by atoms with Crippen LogP contribution in [0.2, 0.25) is 0 Å². The van der Waals surface area contributed by atoms with Crippen molar-refractivity contribution in [1.82, 2.24) is 14.6 Å². The molecule has 2 amide bonds. The highest BCUT2D eigenvalue weighted by Gasteiger charge is 2.41. The number of amides is 2. The standard InChI is InChI=1S/C21H31N4O5S/c22-21(28)17-11-10-16(24-19(27)12-9-15-6-2-1-3-7-15)18(26)14-25(17)31(29,30)20-8-4-5-13-23-20/h4-5,8,12-13,15-18,26H,1-3,6-7,9-11,14H2,(H2,22,28)(H,24,27)/t16-,17+,18-/m0/s1. The van der Waals surface area contributed by atoms with Gasteiger partial charge in [0.05, 0.1) is 12.1 Å². The molecule has 171 valence electrons. The number of carbonyl (C=O) groups excluding carboxylic acids is 2. The molecule has 0 unspecified atom stereocenters. The van der Waals surface area contributed by atoms with Crippen LogP contribution in [0.4, 0.5) is 0 Å². The fraction of sp³-hybridized carbons (Fsp3) is 0.619. The number of rotatable bonds is 7. The monoisotopic (exact) mass is 451 g/mol. The van der Waals surface area contributed by atoms with Crippen LogP contribution < -0.4 is 11.1 Å². The van der Waals surface area contributed by atoms with Gasteiger partial charge in [-0.25, -0.2) is 13.4 Å². The Bertz CT molecular complexity index is 858. The first-order valence-electron chi connectivity index (χ1n) is 10.8. The Kier molecular flexibility index (Phi) is 8.01. The topological polar surface area (TPSA) is 143 Å². The van der Waals surface area contributed by atoms with Crippen LogP contribution in [0.1, 0.15) is 51.4 Å². The zero-order valence-electron chi connectivity index (χ0n) is 17.5. The number of pyridine rings is 1. The smallest absolute Gasteiger partial charge is 0.261 e. The quantitative estimate of drug-likeness (QED) is 0.558. The number of hydrogen-bond donors (Lipinski definition) is 3. The molecule has 1 radical (unpaired) electrons. The van der Waals surface area contributed by atoms with E-state index in [-0.39, 0.29) is 30.3 Å². The predicted molar refractivity (Wildman–Crippen MR) is 114 cm³/mol. The Hall–Kier alpha value is -2.04. The average molecular weight is 452 g/mol. The maximum absolute atomic E-state index is 13.1. The van der Waals surface area contributed by atoms with Crippen LogP contribution in [0.3, 0.4) is 0 Å². The number of nitrogens with zero attached hydrogens (tertiary/aromatic N) is 2. The summed E-state index contributed by atoms with van der Waals surface area (Å²) < 4.78 is 27.0. The van der Waals surface area contributed by atoms with Gasteiger partial charge >= 0.3 is 0 Å².